The van der Waals surface area contributed by atoms with Crippen LogP contribution < -0.4 is 10.4 Å². The highest BCUT2D eigenvalue weighted by Gasteiger charge is 2.42. The number of hydrogen-bond donors (Lipinski definition) is 2. The van der Waals surface area contributed by atoms with Gasteiger partial charge in [-0.05, 0) is 53.0 Å². The lowest BCUT2D eigenvalue weighted by atomic mass is 9.74. The Balaban J connectivity index is 2.54. The van der Waals surface area contributed by atoms with Crippen molar-refractivity contribution >= 4 is 18.3 Å². The number of benzene rings is 1. The molecule has 3 nitrogen and oxygen atoms in total. The summed E-state index contributed by atoms with van der Waals surface area (Å²) in [5, 5.41) is 19.2. The molecular formula is C15H24BNO2. The van der Waals surface area contributed by atoms with E-state index < -0.39 is 7.12 Å². The minimum Gasteiger partial charge on any atom is -0.423 e. The van der Waals surface area contributed by atoms with E-state index in [0.717, 1.165) is 18.5 Å². The summed E-state index contributed by atoms with van der Waals surface area (Å²) >= 11 is 0. The minimum absolute atomic E-state index is 0.0206. The Morgan fingerprint density at radius 2 is 1.53 bits per heavy atom. The Bertz CT molecular complexity index is 441. The van der Waals surface area contributed by atoms with Gasteiger partial charge in [-0.25, -0.2) is 0 Å². The van der Waals surface area contributed by atoms with Crippen molar-refractivity contribution in [1.82, 2.24) is 0 Å². The van der Waals surface area contributed by atoms with Gasteiger partial charge in [-0.15, -0.1) is 0 Å². The predicted molar refractivity (Wildman–Crippen MR) is 80.8 cm³/mol. The molecule has 0 bridgehead atoms. The molecule has 0 amide bonds. The summed E-state index contributed by atoms with van der Waals surface area (Å²) in [4.78, 5) is 2.36. The van der Waals surface area contributed by atoms with Crippen LogP contribution in [0.3, 0.4) is 0 Å². The zero-order chi connectivity index (χ0) is 14.3. The van der Waals surface area contributed by atoms with Gasteiger partial charge < -0.3 is 14.9 Å². The summed E-state index contributed by atoms with van der Waals surface area (Å²) in [7, 11) is -1.43. The number of nitrogens with zero attached hydrogens (tertiary/aromatic N) is 1. The molecule has 0 radical (unpaired) electrons. The first-order chi connectivity index (χ1) is 8.76. The van der Waals surface area contributed by atoms with E-state index in [2.05, 4.69) is 32.6 Å². The summed E-state index contributed by atoms with van der Waals surface area (Å²) in [5.41, 5.74) is 1.57. The van der Waals surface area contributed by atoms with Crippen LogP contribution in [0.4, 0.5) is 5.69 Å². The third-order valence-electron chi connectivity index (χ3n) is 4.24. The van der Waals surface area contributed by atoms with E-state index in [1.165, 1.54) is 6.42 Å². The number of rotatable bonds is 2. The Morgan fingerprint density at radius 3 is 2.05 bits per heavy atom. The molecule has 104 valence electrons. The van der Waals surface area contributed by atoms with E-state index >= 15 is 0 Å². The van der Waals surface area contributed by atoms with E-state index in [4.69, 9.17) is 0 Å². The molecule has 2 rings (SSSR count). The fraction of sp³-hybridized carbons (Fsp3) is 0.600. The van der Waals surface area contributed by atoms with Crippen LogP contribution >= 0.6 is 0 Å². The van der Waals surface area contributed by atoms with Crippen molar-refractivity contribution in [3.63, 3.8) is 0 Å². The molecule has 1 fully saturated rings. The SMILES string of the molecule is CC1(C)CCCC(C)(C)N1c1ccccc1B(O)O. The van der Waals surface area contributed by atoms with Crippen LogP contribution in [0.25, 0.3) is 0 Å². The third-order valence-corrected chi connectivity index (χ3v) is 4.24. The number of piperidine rings is 1. The summed E-state index contributed by atoms with van der Waals surface area (Å²) in [6.07, 6.45) is 3.44. The van der Waals surface area contributed by atoms with Crippen LogP contribution in [0, 0.1) is 0 Å². The first kappa shape index (κ1) is 14.4. The van der Waals surface area contributed by atoms with Gasteiger partial charge in [0, 0.05) is 22.2 Å². The van der Waals surface area contributed by atoms with Crippen LogP contribution in [0.5, 0.6) is 0 Å². The molecule has 2 N–H and O–H groups in total. The lowest BCUT2D eigenvalue weighted by Gasteiger charge is -2.55. The van der Waals surface area contributed by atoms with Crippen molar-refractivity contribution in [1.29, 1.82) is 0 Å². The van der Waals surface area contributed by atoms with Crippen molar-refractivity contribution in [3.05, 3.63) is 24.3 Å². The molecule has 19 heavy (non-hydrogen) atoms. The van der Waals surface area contributed by atoms with Crippen molar-refractivity contribution in [3.8, 4) is 0 Å². The molecule has 1 saturated heterocycles. The van der Waals surface area contributed by atoms with E-state index in [1.807, 2.05) is 18.2 Å². The lowest BCUT2D eigenvalue weighted by Crippen LogP contribution is -2.60. The maximum atomic E-state index is 9.60. The summed E-state index contributed by atoms with van der Waals surface area (Å²) in [6, 6.07) is 7.59. The highest BCUT2D eigenvalue weighted by atomic mass is 16.4. The van der Waals surface area contributed by atoms with Crippen LogP contribution in [-0.4, -0.2) is 28.2 Å². The smallest absolute Gasteiger partial charge is 0.423 e. The van der Waals surface area contributed by atoms with Crippen molar-refractivity contribution in [2.45, 2.75) is 58.0 Å². The van der Waals surface area contributed by atoms with Crippen LogP contribution in [-0.2, 0) is 0 Å². The monoisotopic (exact) mass is 261 g/mol. The molecule has 1 aliphatic heterocycles. The second kappa shape index (κ2) is 4.84. The van der Waals surface area contributed by atoms with Crippen molar-refractivity contribution in [2.24, 2.45) is 0 Å². The van der Waals surface area contributed by atoms with Crippen LogP contribution in [0.15, 0.2) is 24.3 Å². The van der Waals surface area contributed by atoms with Crippen molar-refractivity contribution < 1.29 is 10.0 Å². The quantitative estimate of drug-likeness (QED) is 0.799. The van der Waals surface area contributed by atoms with E-state index in [1.54, 1.807) is 6.07 Å². The normalized spacial score (nSPS) is 21.3. The second-order valence-electron chi connectivity index (χ2n) is 6.75. The minimum atomic E-state index is -1.43. The van der Waals surface area contributed by atoms with Gasteiger partial charge in [0.25, 0.3) is 0 Å². The topological polar surface area (TPSA) is 43.7 Å². The van der Waals surface area contributed by atoms with Gasteiger partial charge in [-0.2, -0.15) is 0 Å². The first-order valence-electron chi connectivity index (χ1n) is 7.01. The predicted octanol–water partition coefficient (Wildman–Crippen LogP) is 1.91. The van der Waals surface area contributed by atoms with E-state index in [0.29, 0.717) is 5.46 Å². The van der Waals surface area contributed by atoms with Gasteiger partial charge in [-0.3, -0.25) is 0 Å². The molecular weight excluding hydrogens is 237 g/mol. The van der Waals surface area contributed by atoms with Gasteiger partial charge in [0.05, 0.1) is 0 Å². The summed E-state index contributed by atoms with van der Waals surface area (Å²) in [5.74, 6) is 0. The van der Waals surface area contributed by atoms with Gasteiger partial charge >= 0.3 is 7.12 Å². The molecule has 1 heterocycles. The molecule has 1 aromatic rings. The first-order valence-corrected chi connectivity index (χ1v) is 7.01. The number of anilines is 1. The van der Waals surface area contributed by atoms with Gasteiger partial charge in [0.2, 0.25) is 0 Å². The Morgan fingerprint density at radius 1 is 1.00 bits per heavy atom. The standard InChI is InChI=1S/C15H24BNO2/c1-14(2)10-7-11-15(3,4)17(14)13-9-6-5-8-12(13)16(18)19/h5-6,8-9,18-19H,7,10-11H2,1-4H3. The molecule has 0 aliphatic carbocycles. The second-order valence-corrected chi connectivity index (χ2v) is 6.75. The maximum absolute atomic E-state index is 9.60. The highest BCUT2D eigenvalue weighted by Crippen LogP contribution is 2.41. The number of para-hydroxylation sites is 1. The van der Waals surface area contributed by atoms with E-state index in [-0.39, 0.29) is 11.1 Å². The van der Waals surface area contributed by atoms with Gasteiger partial charge in [0.1, 0.15) is 0 Å². The molecule has 0 aromatic heterocycles. The van der Waals surface area contributed by atoms with E-state index in [9.17, 15) is 10.0 Å². The molecule has 1 aliphatic rings. The molecule has 4 heteroatoms. The van der Waals surface area contributed by atoms with Gasteiger partial charge in [-0.1, -0.05) is 18.2 Å². The molecule has 0 saturated carbocycles. The fourth-order valence-corrected chi connectivity index (χ4v) is 3.56. The molecule has 1 aromatic carbocycles. The zero-order valence-corrected chi connectivity index (χ0v) is 12.3. The summed E-state index contributed by atoms with van der Waals surface area (Å²) < 4.78 is 0. The van der Waals surface area contributed by atoms with Gasteiger partial charge in [0.15, 0.2) is 0 Å². The van der Waals surface area contributed by atoms with Crippen LogP contribution in [0.1, 0.15) is 47.0 Å². The Kier molecular flexibility index (Phi) is 3.67. The molecule has 0 atom stereocenters. The molecule has 0 spiro atoms. The average molecular weight is 261 g/mol. The largest absolute Gasteiger partial charge is 0.490 e. The number of hydrogen-bond acceptors (Lipinski definition) is 3. The average Bonchev–Trinajstić information content (AvgIpc) is 2.26. The zero-order valence-electron chi connectivity index (χ0n) is 12.3. The van der Waals surface area contributed by atoms with Crippen LogP contribution in [0.2, 0.25) is 0 Å². The Hall–Kier alpha value is -0.995. The molecule has 0 unspecified atom stereocenters. The lowest BCUT2D eigenvalue weighted by molar-refractivity contribution is 0.244. The van der Waals surface area contributed by atoms with Crippen molar-refractivity contribution in [2.75, 3.05) is 4.90 Å². The Labute approximate surface area is 116 Å². The maximum Gasteiger partial charge on any atom is 0.490 e. The third kappa shape index (κ3) is 2.65. The highest BCUT2D eigenvalue weighted by molar-refractivity contribution is 6.60. The fourth-order valence-electron chi connectivity index (χ4n) is 3.56. The summed E-state index contributed by atoms with van der Waals surface area (Å²) in [6.45, 7) is 8.92.